The molecule has 0 atom stereocenters. The van der Waals surface area contributed by atoms with E-state index in [0.29, 0.717) is 17.0 Å². The molecule has 0 heterocycles. The van der Waals surface area contributed by atoms with Crippen LogP contribution in [0, 0.1) is 5.92 Å². The average molecular weight is 284 g/mol. The van der Waals surface area contributed by atoms with Gasteiger partial charge in [-0.15, -0.1) is 0 Å². The molecule has 3 heteroatoms. The first-order valence-electron chi connectivity index (χ1n) is 7.19. The number of halogens is 1. The summed E-state index contributed by atoms with van der Waals surface area (Å²) in [5.74, 6) is 0.802. The van der Waals surface area contributed by atoms with Crippen LogP contribution in [-0.2, 0) is 6.54 Å². The van der Waals surface area contributed by atoms with Gasteiger partial charge >= 0.3 is 0 Å². The average Bonchev–Trinajstić information content (AvgIpc) is 2.34. The molecular weight excluding hydrogens is 258 g/mol. The van der Waals surface area contributed by atoms with Crippen molar-refractivity contribution in [2.24, 2.45) is 5.92 Å². The first-order chi connectivity index (χ1) is 8.97. The minimum absolute atomic E-state index is 0.156. The number of aromatic hydroxyl groups is 1. The largest absolute Gasteiger partial charge is 0.506 e. The Hall–Kier alpha value is -0.730. The van der Waals surface area contributed by atoms with Crippen LogP contribution in [0.4, 0.5) is 0 Å². The Morgan fingerprint density at radius 1 is 1.21 bits per heavy atom. The van der Waals surface area contributed by atoms with E-state index in [9.17, 15) is 5.11 Å². The number of rotatable bonds is 7. The zero-order chi connectivity index (χ0) is 14.4. The van der Waals surface area contributed by atoms with Crippen molar-refractivity contribution in [3.05, 3.63) is 28.8 Å². The molecule has 1 aromatic carbocycles. The zero-order valence-corrected chi connectivity index (χ0v) is 13.2. The Bertz CT molecular complexity index is 388. The third kappa shape index (κ3) is 5.04. The fourth-order valence-electron chi connectivity index (χ4n) is 2.50. The van der Waals surface area contributed by atoms with E-state index < -0.39 is 0 Å². The highest BCUT2D eigenvalue weighted by Gasteiger charge is 2.17. The second kappa shape index (κ2) is 7.76. The summed E-state index contributed by atoms with van der Waals surface area (Å²) in [6.45, 7) is 11.0. The molecule has 0 aliphatic carbocycles. The molecule has 0 fully saturated rings. The molecule has 0 aromatic heterocycles. The predicted molar refractivity (Wildman–Crippen MR) is 82.7 cm³/mol. The molecule has 0 unspecified atom stereocenters. The molecule has 2 nitrogen and oxygen atoms in total. The van der Waals surface area contributed by atoms with Crippen LogP contribution in [-0.4, -0.2) is 22.6 Å². The van der Waals surface area contributed by atoms with Crippen LogP contribution in [0.1, 0.15) is 46.1 Å². The first kappa shape index (κ1) is 16.3. The van der Waals surface area contributed by atoms with Crippen molar-refractivity contribution in [3.63, 3.8) is 0 Å². The highest BCUT2D eigenvalue weighted by molar-refractivity contribution is 6.32. The molecule has 0 spiro atoms. The second-order valence-electron chi connectivity index (χ2n) is 5.58. The van der Waals surface area contributed by atoms with Gasteiger partial charge in [-0.05, 0) is 36.5 Å². The first-order valence-corrected chi connectivity index (χ1v) is 7.57. The fourth-order valence-corrected chi connectivity index (χ4v) is 2.70. The second-order valence-corrected chi connectivity index (χ2v) is 5.99. The van der Waals surface area contributed by atoms with E-state index in [4.69, 9.17) is 11.6 Å². The molecule has 0 saturated heterocycles. The molecular formula is C16H26ClNO. The molecule has 0 saturated carbocycles. The summed E-state index contributed by atoms with van der Waals surface area (Å²) in [6.07, 6.45) is 2.32. The molecule has 0 amide bonds. The Kier molecular flexibility index (Phi) is 6.67. The van der Waals surface area contributed by atoms with Gasteiger partial charge in [0.2, 0.25) is 0 Å². The monoisotopic (exact) mass is 283 g/mol. The normalized spacial score (nSPS) is 11.8. The van der Waals surface area contributed by atoms with Gasteiger partial charge in [0, 0.05) is 19.1 Å². The third-order valence-electron chi connectivity index (χ3n) is 3.46. The van der Waals surface area contributed by atoms with Crippen molar-refractivity contribution >= 4 is 11.6 Å². The van der Waals surface area contributed by atoms with E-state index in [1.807, 2.05) is 12.1 Å². The van der Waals surface area contributed by atoms with Crippen LogP contribution in [0.3, 0.4) is 0 Å². The summed E-state index contributed by atoms with van der Waals surface area (Å²) >= 11 is 5.98. The summed E-state index contributed by atoms with van der Waals surface area (Å²) in [5.41, 5.74) is 1.16. The minimum atomic E-state index is 0.156. The van der Waals surface area contributed by atoms with Gasteiger partial charge in [0.1, 0.15) is 5.75 Å². The Balaban J connectivity index is 2.83. The van der Waals surface area contributed by atoms with Gasteiger partial charge in [-0.2, -0.15) is 0 Å². The van der Waals surface area contributed by atoms with Crippen molar-refractivity contribution in [2.45, 2.75) is 53.1 Å². The molecule has 108 valence electrons. The molecule has 0 radical (unpaired) electrons. The lowest BCUT2D eigenvalue weighted by Gasteiger charge is -2.32. The lowest BCUT2D eigenvalue weighted by atomic mass is 10.1. The number of phenolic OH excluding ortho intramolecular Hbond substituents is 1. The van der Waals surface area contributed by atoms with Gasteiger partial charge in [-0.25, -0.2) is 0 Å². The molecule has 1 aromatic rings. The van der Waals surface area contributed by atoms with Gasteiger partial charge in [-0.1, -0.05) is 45.4 Å². The molecule has 19 heavy (non-hydrogen) atoms. The lowest BCUT2D eigenvalue weighted by molar-refractivity contribution is 0.157. The van der Waals surface area contributed by atoms with E-state index in [1.165, 1.54) is 0 Å². The highest BCUT2D eigenvalue weighted by Crippen LogP contribution is 2.25. The van der Waals surface area contributed by atoms with Crippen LogP contribution in [0.2, 0.25) is 5.02 Å². The topological polar surface area (TPSA) is 23.5 Å². The molecule has 0 bridgehead atoms. The molecule has 0 aliphatic rings. The van der Waals surface area contributed by atoms with Crippen LogP contribution >= 0.6 is 11.6 Å². The molecule has 0 aliphatic heterocycles. The minimum Gasteiger partial charge on any atom is -0.506 e. The van der Waals surface area contributed by atoms with E-state index >= 15 is 0 Å². The summed E-state index contributed by atoms with van der Waals surface area (Å²) in [6, 6.07) is 6.11. The number of hydrogen-bond donors (Lipinski definition) is 1. The zero-order valence-electron chi connectivity index (χ0n) is 12.5. The van der Waals surface area contributed by atoms with Crippen molar-refractivity contribution < 1.29 is 5.11 Å². The van der Waals surface area contributed by atoms with Crippen molar-refractivity contribution in [2.75, 3.05) is 6.54 Å². The number of phenols is 1. The lowest BCUT2D eigenvalue weighted by Crippen LogP contribution is -2.36. The number of benzene rings is 1. The quantitative estimate of drug-likeness (QED) is 0.784. The van der Waals surface area contributed by atoms with Crippen molar-refractivity contribution in [3.8, 4) is 5.75 Å². The van der Waals surface area contributed by atoms with E-state index in [2.05, 4.69) is 32.6 Å². The smallest absolute Gasteiger partial charge is 0.134 e. The SMILES string of the molecule is CCC(CC)N(Cc1ccc(O)c(Cl)c1)CC(C)C. The van der Waals surface area contributed by atoms with Gasteiger partial charge in [0.05, 0.1) is 5.02 Å². The summed E-state index contributed by atoms with van der Waals surface area (Å²) in [4.78, 5) is 2.52. The molecule has 1 N–H and O–H groups in total. The summed E-state index contributed by atoms with van der Waals surface area (Å²) in [5, 5.41) is 9.92. The van der Waals surface area contributed by atoms with Crippen LogP contribution in [0.5, 0.6) is 5.75 Å². The fraction of sp³-hybridized carbons (Fsp3) is 0.625. The molecule has 1 rings (SSSR count). The highest BCUT2D eigenvalue weighted by atomic mass is 35.5. The van der Waals surface area contributed by atoms with Gasteiger partial charge < -0.3 is 5.11 Å². The van der Waals surface area contributed by atoms with Crippen LogP contribution in [0.25, 0.3) is 0 Å². The Morgan fingerprint density at radius 2 is 1.84 bits per heavy atom. The Labute approximate surface area is 122 Å². The predicted octanol–water partition coefficient (Wildman–Crippen LogP) is 4.69. The van der Waals surface area contributed by atoms with Crippen molar-refractivity contribution in [1.29, 1.82) is 0 Å². The van der Waals surface area contributed by atoms with Gasteiger partial charge in [0.25, 0.3) is 0 Å². The van der Waals surface area contributed by atoms with Gasteiger partial charge in [0.15, 0.2) is 0 Å². The van der Waals surface area contributed by atoms with Crippen LogP contribution in [0.15, 0.2) is 18.2 Å². The van der Waals surface area contributed by atoms with E-state index in [-0.39, 0.29) is 5.75 Å². The Morgan fingerprint density at radius 3 is 2.32 bits per heavy atom. The van der Waals surface area contributed by atoms with Crippen LogP contribution < -0.4 is 0 Å². The maximum absolute atomic E-state index is 9.48. The third-order valence-corrected chi connectivity index (χ3v) is 3.76. The maximum atomic E-state index is 9.48. The summed E-state index contributed by atoms with van der Waals surface area (Å²) in [7, 11) is 0. The van der Waals surface area contributed by atoms with Crippen molar-refractivity contribution in [1.82, 2.24) is 4.90 Å². The standard InChI is InChI=1S/C16H26ClNO/c1-5-14(6-2)18(10-12(3)4)11-13-7-8-16(19)15(17)9-13/h7-9,12,14,19H,5-6,10-11H2,1-4H3. The van der Waals surface area contributed by atoms with E-state index in [1.54, 1.807) is 6.07 Å². The maximum Gasteiger partial charge on any atom is 0.134 e. The summed E-state index contributed by atoms with van der Waals surface area (Å²) < 4.78 is 0. The number of hydrogen-bond acceptors (Lipinski definition) is 2. The number of nitrogens with zero attached hydrogens (tertiary/aromatic N) is 1. The van der Waals surface area contributed by atoms with E-state index in [0.717, 1.165) is 31.5 Å². The van der Waals surface area contributed by atoms with Gasteiger partial charge in [-0.3, -0.25) is 4.90 Å².